The molecule has 0 aromatic carbocycles. The number of hydrogen-bond donors (Lipinski definition) is 2. The number of carbonyl (C=O) groups is 2. The maximum atomic E-state index is 12.3. The van der Waals surface area contributed by atoms with Gasteiger partial charge in [0.2, 0.25) is 11.8 Å². The van der Waals surface area contributed by atoms with E-state index in [-0.39, 0.29) is 17.9 Å². The van der Waals surface area contributed by atoms with Crippen molar-refractivity contribution in [1.29, 1.82) is 0 Å². The van der Waals surface area contributed by atoms with Gasteiger partial charge in [-0.05, 0) is 45.2 Å². The van der Waals surface area contributed by atoms with Gasteiger partial charge < -0.3 is 15.5 Å². The maximum absolute atomic E-state index is 12.3. The second-order valence-corrected chi connectivity index (χ2v) is 5.23. The summed E-state index contributed by atoms with van der Waals surface area (Å²) in [5.41, 5.74) is 0. The average molecular weight is 253 g/mol. The van der Waals surface area contributed by atoms with Crippen LogP contribution in [0.25, 0.3) is 0 Å². The predicted molar refractivity (Wildman–Crippen MR) is 69.0 cm³/mol. The minimum absolute atomic E-state index is 0.00581. The van der Waals surface area contributed by atoms with E-state index in [1.807, 2.05) is 11.8 Å². The minimum atomic E-state index is -0.279. The van der Waals surface area contributed by atoms with Gasteiger partial charge in [-0.15, -0.1) is 0 Å². The van der Waals surface area contributed by atoms with Crippen molar-refractivity contribution in [3.05, 3.63) is 0 Å². The quantitative estimate of drug-likeness (QED) is 0.748. The van der Waals surface area contributed by atoms with Crippen molar-refractivity contribution in [1.82, 2.24) is 15.5 Å². The molecule has 18 heavy (non-hydrogen) atoms. The van der Waals surface area contributed by atoms with Crippen molar-refractivity contribution in [2.24, 2.45) is 5.92 Å². The van der Waals surface area contributed by atoms with Crippen molar-refractivity contribution in [3.63, 3.8) is 0 Å². The fourth-order valence-corrected chi connectivity index (χ4v) is 2.77. The summed E-state index contributed by atoms with van der Waals surface area (Å²) in [4.78, 5) is 25.4. The van der Waals surface area contributed by atoms with E-state index in [2.05, 4.69) is 10.6 Å². The fraction of sp³-hybridized carbons (Fsp3) is 0.846. The minimum Gasteiger partial charge on any atom is -0.344 e. The zero-order chi connectivity index (χ0) is 13.0. The molecule has 2 heterocycles. The maximum Gasteiger partial charge on any atom is 0.245 e. The number of piperidine rings is 1. The van der Waals surface area contributed by atoms with Crippen LogP contribution in [0.3, 0.4) is 0 Å². The lowest BCUT2D eigenvalue weighted by Crippen LogP contribution is -2.47. The topological polar surface area (TPSA) is 61.4 Å². The zero-order valence-corrected chi connectivity index (χ0v) is 11.1. The molecule has 0 unspecified atom stereocenters. The number of likely N-dealkylation sites (N-methyl/N-ethyl adjacent to an activating group) is 1. The largest absolute Gasteiger partial charge is 0.344 e. The SMILES string of the molecule is CCN(CC1CCNCC1)C(=O)[C@@H]1CCC(=O)N1. The molecule has 0 radical (unpaired) electrons. The van der Waals surface area contributed by atoms with E-state index >= 15 is 0 Å². The van der Waals surface area contributed by atoms with E-state index < -0.39 is 0 Å². The molecule has 2 aliphatic heterocycles. The van der Waals surface area contributed by atoms with Gasteiger partial charge in [0.15, 0.2) is 0 Å². The van der Waals surface area contributed by atoms with Crippen LogP contribution in [-0.2, 0) is 9.59 Å². The number of carbonyl (C=O) groups excluding carboxylic acids is 2. The molecule has 0 saturated carbocycles. The summed E-state index contributed by atoms with van der Waals surface area (Å²) in [6, 6.07) is -0.279. The van der Waals surface area contributed by atoms with Gasteiger partial charge in [-0.25, -0.2) is 0 Å². The highest BCUT2D eigenvalue weighted by atomic mass is 16.2. The molecule has 0 aromatic heterocycles. The third-order valence-electron chi connectivity index (χ3n) is 3.92. The van der Waals surface area contributed by atoms with E-state index in [4.69, 9.17) is 0 Å². The average Bonchev–Trinajstić information content (AvgIpc) is 2.83. The first kappa shape index (κ1) is 13.3. The number of nitrogens with zero attached hydrogens (tertiary/aromatic N) is 1. The van der Waals surface area contributed by atoms with Crippen molar-refractivity contribution >= 4 is 11.8 Å². The molecular weight excluding hydrogens is 230 g/mol. The summed E-state index contributed by atoms with van der Waals surface area (Å²) in [6.07, 6.45) is 3.42. The Morgan fingerprint density at radius 3 is 2.61 bits per heavy atom. The Morgan fingerprint density at radius 2 is 2.06 bits per heavy atom. The van der Waals surface area contributed by atoms with Crippen LogP contribution in [0.5, 0.6) is 0 Å². The molecule has 2 N–H and O–H groups in total. The summed E-state index contributed by atoms with van der Waals surface area (Å²) < 4.78 is 0. The van der Waals surface area contributed by atoms with Crippen LogP contribution >= 0.6 is 0 Å². The molecule has 0 spiro atoms. The zero-order valence-electron chi connectivity index (χ0n) is 11.1. The lowest BCUT2D eigenvalue weighted by molar-refractivity contribution is -0.134. The molecule has 0 bridgehead atoms. The lowest BCUT2D eigenvalue weighted by atomic mass is 9.97. The number of hydrogen-bond acceptors (Lipinski definition) is 3. The molecule has 102 valence electrons. The number of rotatable bonds is 4. The highest BCUT2D eigenvalue weighted by molar-refractivity contribution is 5.90. The molecule has 2 aliphatic rings. The van der Waals surface area contributed by atoms with Gasteiger partial charge >= 0.3 is 0 Å². The first-order chi connectivity index (χ1) is 8.70. The smallest absolute Gasteiger partial charge is 0.245 e. The van der Waals surface area contributed by atoms with Gasteiger partial charge in [0.05, 0.1) is 0 Å². The summed E-state index contributed by atoms with van der Waals surface area (Å²) in [6.45, 7) is 5.68. The molecule has 5 heteroatoms. The molecule has 2 rings (SSSR count). The van der Waals surface area contributed by atoms with Crippen molar-refractivity contribution < 1.29 is 9.59 Å². The van der Waals surface area contributed by atoms with E-state index in [1.165, 1.54) is 0 Å². The second kappa shape index (κ2) is 6.18. The highest BCUT2D eigenvalue weighted by Crippen LogP contribution is 2.16. The second-order valence-electron chi connectivity index (χ2n) is 5.23. The Labute approximate surface area is 108 Å². The molecule has 2 fully saturated rings. The van der Waals surface area contributed by atoms with E-state index in [0.29, 0.717) is 18.8 Å². The van der Waals surface area contributed by atoms with Crippen molar-refractivity contribution in [3.8, 4) is 0 Å². The van der Waals surface area contributed by atoms with Crippen LogP contribution in [-0.4, -0.2) is 48.9 Å². The molecule has 1 atom stereocenters. The van der Waals surface area contributed by atoms with Crippen LogP contribution in [0.2, 0.25) is 0 Å². The van der Waals surface area contributed by atoms with Crippen LogP contribution in [0.15, 0.2) is 0 Å². The fourth-order valence-electron chi connectivity index (χ4n) is 2.77. The monoisotopic (exact) mass is 253 g/mol. The van der Waals surface area contributed by atoms with Gasteiger partial charge in [-0.3, -0.25) is 9.59 Å². The third kappa shape index (κ3) is 3.22. The van der Waals surface area contributed by atoms with E-state index in [0.717, 1.165) is 39.0 Å². The third-order valence-corrected chi connectivity index (χ3v) is 3.92. The number of amides is 2. The molecule has 2 amide bonds. The van der Waals surface area contributed by atoms with Crippen LogP contribution < -0.4 is 10.6 Å². The molecule has 5 nitrogen and oxygen atoms in total. The Balaban J connectivity index is 1.86. The molecular formula is C13H23N3O2. The van der Waals surface area contributed by atoms with Gasteiger partial charge in [0, 0.05) is 19.5 Å². The Kier molecular flexibility index (Phi) is 4.58. The van der Waals surface area contributed by atoms with Gasteiger partial charge in [-0.2, -0.15) is 0 Å². The van der Waals surface area contributed by atoms with E-state index in [1.54, 1.807) is 0 Å². The normalized spacial score (nSPS) is 24.9. The molecule has 0 aromatic rings. The van der Waals surface area contributed by atoms with Crippen LogP contribution in [0, 0.1) is 5.92 Å². The highest BCUT2D eigenvalue weighted by Gasteiger charge is 2.31. The predicted octanol–water partition coefficient (Wildman–Crippen LogP) is 0.113. The Bertz CT molecular complexity index is 313. The number of nitrogens with one attached hydrogen (secondary N) is 2. The van der Waals surface area contributed by atoms with Gasteiger partial charge in [0.25, 0.3) is 0 Å². The summed E-state index contributed by atoms with van der Waals surface area (Å²) in [5, 5.41) is 6.10. The van der Waals surface area contributed by atoms with Crippen molar-refractivity contribution in [2.75, 3.05) is 26.2 Å². The standard InChI is InChI=1S/C13H23N3O2/c1-2-16(9-10-5-7-14-8-6-10)13(18)11-3-4-12(17)15-11/h10-11,14H,2-9H2,1H3,(H,15,17)/t11-/m0/s1. The summed E-state index contributed by atoms with van der Waals surface area (Å²) in [7, 11) is 0. The van der Waals surface area contributed by atoms with Crippen LogP contribution in [0.1, 0.15) is 32.6 Å². The summed E-state index contributed by atoms with van der Waals surface area (Å²) >= 11 is 0. The molecule has 2 saturated heterocycles. The van der Waals surface area contributed by atoms with Crippen LogP contribution in [0.4, 0.5) is 0 Å². The van der Waals surface area contributed by atoms with E-state index in [9.17, 15) is 9.59 Å². The summed E-state index contributed by atoms with van der Waals surface area (Å²) in [5.74, 6) is 0.709. The Morgan fingerprint density at radius 1 is 1.33 bits per heavy atom. The first-order valence-corrected chi connectivity index (χ1v) is 6.99. The van der Waals surface area contributed by atoms with Gasteiger partial charge in [0.1, 0.15) is 6.04 Å². The van der Waals surface area contributed by atoms with Crippen molar-refractivity contribution in [2.45, 2.75) is 38.6 Å². The lowest BCUT2D eigenvalue weighted by Gasteiger charge is -2.30. The first-order valence-electron chi connectivity index (χ1n) is 6.99. The molecule has 0 aliphatic carbocycles. The Hall–Kier alpha value is -1.10. The van der Waals surface area contributed by atoms with Gasteiger partial charge in [-0.1, -0.05) is 0 Å².